The summed E-state index contributed by atoms with van der Waals surface area (Å²) in [7, 11) is 2.01. The third-order valence-electron chi connectivity index (χ3n) is 4.91. The molecule has 128 valence electrons. The number of piperazine rings is 1. The number of urea groups is 1. The van der Waals surface area contributed by atoms with E-state index < -0.39 is 0 Å². The Morgan fingerprint density at radius 2 is 2.35 bits per heavy atom. The minimum atomic E-state index is 0.0341. The summed E-state index contributed by atoms with van der Waals surface area (Å²) in [5, 5.41) is 3.07. The molecule has 0 spiro atoms. The predicted octanol–water partition coefficient (Wildman–Crippen LogP) is 0.845. The second-order valence-corrected chi connectivity index (χ2v) is 6.40. The summed E-state index contributed by atoms with van der Waals surface area (Å²) in [5.41, 5.74) is 0. The average molecular weight is 321 g/mol. The lowest BCUT2D eigenvalue weighted by Gasteiger charge is -2.40. The summed E-state index contributed by atoms with van der Waals surface area (Å²) in [4.78, 5) is 21.3. The van der Waals surface area contributed by atoms with Crippen molar-refractivity contribution in [3.63, 3.8) is 0 Å². The van der Waals surface area contributed by atoms with E-state index >= 15 is 0 Å². The fraction of sp³-hybridized carbons (Fsp3) is 0.750. The van der Waals surface area contributed by atoms with E-state index in [0.29, 0.717) is 19.0 Å². The van der Waals surface area contributed by atoms with Crippen LogP contribution in [0.4, 0.5) is 4.79 Å². The van der Waals surface area contributed by atoms with Gasteiger partial charge in [-0.2, -0.15) is 0 Å². The van der Waals surface area contributed by atoms with Crippen molar-refractivity contribution in [1.82, 2.24) is 24.7 Å². The Morgan fingerprint density at radius 1 is 1.48 bits per heavy atom. The van der Waals surface area contributed by atoms with Crippen LogP contribution in [0, 0.1) is 5.92 Å². The van der Waals surface area contributed by atoms with Crippen molar-refractivity contribution in [2.24, 2.45) is 13.0 Å². The molecule has 0 aliphatic carbocycles. The van der Waals surface area contributed by atoms with Crippen LogP contribution in [-0.4, -0.2) is 71.3 Å². The lowest BCUT2D eigenvalue weighted by molar-refractivity contribution is 0.0873. The van der Waals surface area contributed by atoms with Gasteiger partial charge in [0.25, 0.3) is 0 Å². The molecule has 1 N–H and O–H groups in total. The second kappa shape index (κ2) is 7.31. The van der Waals surface area contributed by atoms with E-state index in [0.717, 1.165) is 45.1 Å². The highest BCUT2D eigenvalue weighted by Gasteiger charge is 2.32. The number of carbonyl (C=O) groups is 1. The van der Waals surface area contributed by atoms with Crippen molar-refractivity contribution in [2.75, 3.05) is 45.9 Å². The standard InChI is InChI=1S/C16H27N5O2/c1-3-20-7-8-21(11-14(20)15-17-5-6-19(15)2)16(22)18-10-13-4-9-23-12-13/h5-6,13-14H,3-4,7-12H2,1-2H3,(H,18,22). The normalized spacial score (nSPS) is 25.7. The van der Waals surface area contributed by atoms with E-state index in [1.165, 1.54) is 0 Å². The Hall–Kier alpha value is -1.60. The van der Waals surface area contributed by atoms with Gasteiger partial charge in [0, 0.05) is 58.1 Å². The molecule has 0 saturated carbocycles. The van der Waals surface area contributed by atoms with E-state index in [4.69, 9.17) is 4.74 Å². The fourth-order valence-corrected chi connectivity index (χ4v) is 3.41. The van der Waals surface area contributed by atoms with E-state index in [9.17, 15) is 4.79 Å². The Bertz CT molecular complexity index is 526. The van der Waals surface area contributed by atoms with Gasteiger partial charge in [-0.3, -0.25) is 4.90 Å². The SMILES string of the molecule is CCN1CCN(C(=O)NCC2CCOC2)CC1c1nccn1C. The summed E-state index contributed by atoms with van der Waals surface area (Å²) in [6.07, 6.45) is 4.82. The molecule has 0 radical (unpaired) electrons. The first-order chi connectivity index (χ1) is 11.2. The topological polar surface area (TPSA) is 62.6 Å². The molecule has 2 amide bonds. The average Bonchev–Trinajstić information content (AvgIpc) is 3.23. The smallest absolute Gasteiger partial charge is 0.317 e. The van der Waals surface area contributed by atoms with Gasteiger partial charge >= 0.3 is 6.03 Å². The van der Waals surface area contributed by atoms with Crippen LogP contribution in [0.1, 0.15) is 25.2 Å². The quantitative estimate of drug-likeness (QED) is 0.893. The second-order valence-electron chi connectivity index (χ2n) is 6.40. The maximum absolute atomic E-state index is 12.5. The summed E-state index contributed by atoms with van der Waals surface area (Å²) in [5.74, 6) is 1.48. The van der Waals surface area contributed by atoms with E-state index in [1.54, 1.807) is 0 Å². The third kappa shape index (κ3) is 3.67. The van der Waals surface area contributed by atoms with Crippen LogP contribution in [0.2, 0.25) is 0 Å². The number of nitrogens with zero attached hydrogens (tertiary/aromatic N) is 4. The van der Waals surface area contributed by atoms with Gasteiger partial charge < -0.3 is 19.5 Å². The van der Waals surface area contributed by atoms with Crippen molar-refractivity contribution in [2.45, 2.75) is 19.4 Å². The first-order valence-electron chi connectivity index (χ1n) is 8.50. The molecule has 2 aliphatic rings. The molecule has 2 fully saturated rings. The highest BCUT2D eigenvalue weighted by atomic mass is 16.5. The minimum Gasteiger partial charge on any atom is -0.381 e. The van der Waals surface area contributed by atoms with Crippen LogP contribution in [0.3, 0.4) is 0 Å². The van der Waals surface area contributed by atoms with Crippen LogP contribution in [0.5, 0.6) is 0 Å². The molecule has 3 heterocycles. The number of likely N-dealkylation sites (N-methyl/N-ethyl adjacent to an activating group) is 1. The number of hydrogen-bond donors (Lipinski definition) is 1. The third-order valence-corrected chi connectivity index (χ3v) is 4.91. The number of hydrogen-bond acceptors (Lipinski definition) is 4. The maximum Gasteiger partial charge on any atom is 0.317 e. The molecular formula is C16H27N5O2. The molecule has 1 aromatic rings. The number of ether oxygens (including phenoxy) is 1. The van der Waals surface area contributed by atoms with Crippen molar-refractivity contribution in [1.29, 1.82) is 0 Å². The zero-order valence-electron chi connectivity index (χ0n) is 14.1. The van der Waals surface area contributed by atoms with Crippen LogP contribution >= 0.6 is 0 Å². The molecule has 3 rings (SSSR count). The first-order valence-corrected chi connectivity index (χ1v) is 8.50. The number of amides is 2. The Labute approximate surface area is 137 Å². The number of carbonyl (C=O) groups excluding carboxylic acids is 1. The molecule has 2 atom stereocenters. The number of aryl methyl sites for hydroxylation is 1. The molecule has 0 aromatic carbocycles. The van der Waals surface area contributed by atoms with Crippen molar-refractivity contribution < 1.29 is 9.53 Å². The van der Waals surface area contributed by atoms with Gasteiger partial charge in [-0.05, 0) is 13.0 Å². The lowest BCUT2D eigenvalue weighted by Crippen LogP contribution is -2.53. The number of aromatic nitrogens is 2. The van der Waals surface area contributed by atoms with Gasteiger partial charge in [0.1, 0.15) is 5.82 Å². The largest absolute Gasteiger partial charge is 0.381 e. The number of imidazole rings is 1. The molecule has 0 bridgehead atoms. The predicted molar refractivity (Wildman–Crippen MR) is 87.1 cm³/mol. The zero-order chi connectivity index (χ0) is 16.2. The molecule has 7 heteroatoms. The van der Waals surface area contributed by atoms with Gasteiger partial charge in [-0.15, -0.1) is 0 Å². The first kappa shape index (κ1) is 16.3. The van der Waals surface area contributed by atoms with Gasteiger partial charge in [-0.1, -0.05) is 6.92 Å². The molecule has 2 aliphatic heterocycles. The summed E-state index contributed by atoms with van der Waals surface area (Å²) < 4.78 is 7.41. The molecule has 7 nitrogen and oxygen atoms in total. The molecule has 2 saturated heterocycles. The van der Waals surface area contributed by atoms with Crippen LogP contribution < -0.4 is 5.32 Å². The highest BCUT2D eigenvalue weighted by Crippen LogP contribution is 2.23. The molecule has 2 unspecified atom stereocenters. The highest BCUT2D eigenvalue weighted by molar-refractivity contribution is 5.74. The summed E-state index contributed by atoms with van der Waals surface area (Å²) >= 11 is 0. The maximum atomic E-state index is 12.5. The van der Waals surface area contributed by atoms with Crippen LogP contribution in [0.25, 0.3) is 0 Å². The fourth-order valence-electron chi connectivity index (χ4n) is 3.41. The van der Waals surface area contributed by atoms with Gasteiger partial charge in [0.05, 0.1) is 12.6 Å². The Balaban J connectivity index is 1.60. The molecule has 23 heavy (non-hydrogen) atoms. The van der Waals surface area contributed by atoms with Gasteiger partial charge in [-0.25, -0.2) is 9.78 Å². The minimum absolute atomic E-state index is 0.0341. The Morgan fingerprint density at radius 3 is 3.00 bits per heavy atom. The monoisotopic (exact) mass is 321 g/mol. The number of nitrogens with one attached hydrogen (secondary N) is 1. The van der Waals surface area contributed by atoms with Gasteiger partial charge in [0.15, 0.2) is 0 Å². The van der Waals surface area contributed by atoms with Gasteiger partial charge in [0.2, 0.25) is 0 Å². The molecular weight excluding hydrogens is 294 g/mol. The summed E-state index contributed by atoms with van der Waals surface area (Å²) in [6.45, 7) is 7.75. The van der Waals surface area contributed by atoms with Crippen molar-refractivity contribution in [3.05, 3.63) is 18.2 Å². The van der Waals surface area contributed by atoms with E-state index in [-0.39, 0.29) is 12.1 Å². The van der Waals surface area contributed by atoms with Crippen molar-refractivity contribution >= 4 is 6.03 Å². The van der Waals surface area contributed by atoms with Crippen LogP contribution in [-0.2, 0) is 11.8 Å². The number of rotatable bonds is 4. The zero-order valence-corrected chi connectivity index (χ0v) is 14.1. The van der Waals surface area contributed by atoms with Crippen LogP contribution in [0.15, 0.2) is 12.4 Å². The molecule has 1 aromatic heterocycles. The van der Waals surface area contributed by atoms with E-state index in [1.807, 2.05) is 28.9 Å². The lowest BCUT2D eigenvalue weighted by atomic mass is 10.1. The van der Waals surface area contributed by atoms with Crippen molar-refractivity contribution in [3.8, 4) is 0 Å². The Kier molecular flexibility index (Phi) is 5.17. The van der Waals surface area contributed by atoms with E-state index in [2.05, 4.69) is 22.1 Å². The summed E-state index contributed by atoms with van der Waals surface area (Å²) in [6, 6.07) is 0.196.